The lowest BCUT2D eigenvalue weighted by Gasteiger charge is -2.38. The van der Waals surface area contributed by atoms with Crippen LogP contribution in [-0.4, -0.2) is 5.11 Å². The molecule has 1 aromatic rings. The van der Waals surface area contributed by atoms with Gasteiger partial charge in [0.05, 0.1) is 11.5 Å². The predicted molar refractivity (Wildman–Crippen MR) is 79.4 cm³/mol. The fraction of sp³-hybridized carbons (Fsp3) is 0.562. The second-order valence-corrected chi connectivity index (χ2v) is 6.60. The molecule has 4 heteroatoms. The topological polar surface area (TPSA) is 44.0 Å². The SMILES string of the molecule is CCC1CCC(C#N)(C(O)c2ccc(Br)cc2F)CC1. The smallest absolute Gasteiger partial charge is 0.130 e. The van der Waals surface area contributed by atoms with Crippen molar-refractivity contribution in [3.63, 3.8) is 0 Å². The van der Waals surface area contributed by atoms with Gasteiger partial charge in [0.1, 0.15) is 11.9 Å². The molecule has 0 aliphatic heterocycles. The molecule has 1 aliphatic carbocycles. The molecule has 0 aromatic heterocycles. The molecular formula is C16H19BrFNO. The summed E-state index contributed by atoms with van der Waals surface area (Å²) in [6.07, 6.45) is 3.18. The molecule has 1 aliphatic rings. The van der Waals surface area contributed by atoms with Crippen molar-refractivity contribution in [3.05, 3.63) is 34.1 Å². The zero-order chi connectivity index (χ0) is 14.8. The van der Waals surface area contributed by atoms with Crippen LogP contribution in [0.2, 0.25) is 0 Å². The summed E-state index contributed by atoms with van der Waals surface area (Å²) in [5, 5.41) is 20.1. The summed E-state index contributed by atoms with van der Waals surface area (Å²) >= 11 is 3.20. The fourth-order valence-corrected chi connectivity index (χ4v) is 3.40. The molecular weight excluding hydrogens is 321 g/mol. The zero-order valence-electron chi connectivity index (χ0n) is 11.6. The first-order valence-corrected chi connectivity index (χ1v) is 7.86. The summed E-state index contributed by atoms with van der Waals surface area (Å²) < 4.78 is 14.6. The highest BCUT2D eigenvalue weighted by molar-refractivity contribution is 9.10. The highest BCUT2D eigenvalue weighted by Gasteiger charge is 2.43. The maximum Gasteiger partial charge on any atom is 0.130 e. The number of aliphatic hydroxyl groups excluding tert-OH is 1. The highest BCUT2D eigenvalue weighted by Crippen LogP contribution is 2.48. The van der Waals surface area contributed by atoms with Crippen molar-refractivity contribution in [1.82, 2.24) is 0 Å². The molecule has 0 heterocycles. The van der Waals surface area contributed by atoms with Gasteiger partial charge in [-0.1, -0.05) is 35.3 Å². The number of hydrogen-bond acceptors (Lipinski definition) is 2. The summed E-state index contributed by atoms with van der Waals surface area (Å²) in [5.41, 5.74) is -0.620. The van der Waals surface area contributed by atoms with Crippen molar-refractivity contribution in [2.45, 2.75) is 45.1 Å². The Morgan fingerprint density at radius 1 is 1.50 bits per heavy atom. The van der Waals surface area contributed by atoms with Gasteiger partial charge in [0.25, 0.3) is 0 Å². The van der Waals surface area contributed by atoms with E-state index in [1.165, 1.54) is 6.07 Å². The molecule has 1 atom stereocenters. The van der Waals surface area contributed by atoms with Crippen LogP contribution in [0.1, 0.15) is 50.7 Å². The number of nitriles is 1. The van der Waals surface area contributed by atoms with Crippen molar-refractivity contribution < 1.29 is 9.50 Å². The number of benzene rings is 1. The Balaban J connectivity index is 2.26. The van der Waals surface area contributed by atoms with Crippen molar-refractivity contribution in [3.8, 4) is 6.07 Å². The maximum absolute atomic E-state index is 14.0. The van der Waals surface area contributed by atoms with Crippen LogP contribution in [0, 0.1) is 28.5 Å². The van der Waals surface area contributed by atoms with Crippen molar-refractivity contribution in [2.75, 3.05) is 0 Å². The third-order valence-electron chi connectivity index (χ3n) is 4.58. The standard InChI is InChI=1S/C16H19BrFNO/c1-2-11-5-7-16(10-19,8-6-11)15(20)13-4-3-12(17)9-14(13)18/h3-4,9,11,15,20H,2,5-8H2,1H3. The Labute approximate surface area is 127 Å². The van der Waals surface area contributed by atoms with E-state index < -0.39 is 17.3 Å². The normalized spacial score (nSPS) is 27.9. The van der Waals surface area contributed by atoms with Gasteiger partial charge in [0.15, 0.2) is 0 Å². The second-order valence-electron chi connectivity index (χ2n) is 5.69. The minimum absolute atomic E-state index is 0.227. The Bertz CT molecular complexity index is 518. The maximum atomic E-state index is 14.0. The van der Waals surface area contributed by atoms with Crippen LogP contribution in [0.4, 0.5) is 4.39 Å². The van der Waals surface area contributed by atoms with Gasteiger partial charge < -0.3 is 5.11 Å². The van der Waals surface area contributed by atoms with E-state index in [0.29, 0.717) is 23.2 Å². The summed E-state index contributed by atoms with van der Waals surface area (Å²) in [6.45, 7) is 2.15. The van der Waals surface area contributed by atoms with E-state index in [1.807, 2.05) is 0 Å². The van der Waals surface area contributed by atoms with Crippen LogP contribution in [0.5, 0.6) is 0 Å². The predicted octanol–water partition coefficient (Wildman–Crippen LogP) is 4.73. The molecule has 0 spiro atoms. The molecule has 20 heavy (non-hydrogen) atoms. The Kier molecular flexibility index (Phi) is 4.82. The first kappa shape index (κ1) is 15.5. The lowest BCUT2D eigenvalue weighted by atomic mass is 9.66. The second kappa shape index (κ2) is 6.24. The van der Waals surface area contributed by atoms with Crippen molar-refractivity contribution in [1.29, 1.82) is 5.26 Å². The van der Waals surface area contributed by atoms with Crippen LogP contribution < -0.4 is 0 Å². The summed E-state index contributed by atoms with van der Waals surface area (Å²) in [4.78, 5) is 0. The van der Waals surface area contributed by atoms with Gasteiger partial charge in [0, 0.05) is 10.0 Å². The summed E-state index contributed by atoms with van der Waals surface area (Å²) in [7, 11) is 0. The quantitative estimate of drug-likeness (QED) is 0.864. The van der Waals surface area contributed by atoms with Gasteiger partial charge in [-0.25, -0.2) is 4.39 Å². The molecule has 1 unspecified atom stereocenters. The fourth-order valence-electron chi connectivity index (χ4n) is 3.07. The molecule has 2 rings (SSSR count). The third kappa shape index (κ3) is 2.89. The molecule has 108 valence electrons. The molecule has 0 radical (unpaired) electrons. The van der Waals surface area contributed by atoms with Gasteiger partial charge in [-0.2, -0.15) is 5.26 Å². The lowest BCUT2D eigenvalue weighted by Crippen LogP contribution is -2.33. The molecule has 0 amide bonds. The van der Waals surface area contributed by atoms with E-state index in [2.05, 4.69) is 28.9 Å². The van der Waals surface area contributed by atoms with Crippen LogP contribution in [0.15, 0.2) is 22.7 Å². The van der Waals surface area contributed by atoms with Crippen LogP contribution in [0.25, 0.3) is 0 Å². The van der Waals surface area contributed by atoms with Gasteiger partial charge in [-0.3, -0.25) is 0 Å². The van der Waals surface area contributed by atoms with E-state index in [4.69, 9.17) is 0 Å². The van der Waals surface area contributed by atoms with Gasteiger partial charge >= 0.3 is 0 Å². The van der Waals surface area contributed by atoms with Crippen molar-refractivity contribution in [2.24, 2.45) is 11.3 Å². The van der Waals surface area contributed by atoms with E-state index in [9.17, 15) is 14.8 Å². The molecule has 1 fully saturated rings. The minimum atomic E-state index is -1.06. The number of rotatable bonds is 3. The highest BCUT2D eigenvalue weighted by atomic mass is 79.9. The first-order chi connectivity index (χ1) is 9.52. The van der Waals surface area contributed by atoms with Crippen LogP contribution in [-0.2, 0) is 0 Å². The van der Waals surface area contributed by atoms with Crippen LogP contribution in [0.3, 0.4) is 0 Å². The Morgan fingerprint density at radius 2 is 2.15 bits per heavy atom. The molecule has 1 aromatic carbocycles. The Hall–Kier alpha value is -0.920. The number of hydrogen-bond donors (Lipinski definition) is 1. The number of halogens is 2. The average molecular weight is 340 g/mol. The van der Waals surface area contributed by atoms with Gasteiger partial charge in [-0.05, 0) is 43.7 Å². The van der Waals surface area contributed by atoms with Crippen molar-refractivity contribution >= 4 is 15.9 Å². The van der Waals surface area contributed by atoms with E-state index in [-0.39, 0.29) is 5.56 Å². The van der Waals surface area contributed by atoms with Gasteiger partial charge in [0.2, 0.25) is 0 Å². The Morgan fingerprint density at radius 3 is 2.65 bits per heavy atom. The third-order valence-corrected chi connectivity index (χ3v) is 5.07. The van der Waals surface area contributed by atoms with E-state index >= 15 is 0 Å². The number of aliphatic hydroxyl groups is 1. The number of nitrogens with zero attached hydrogens (tertiary/aromatic N) is 1. The molecule has 2 nitrogen and oxygen atoms in total. The summed E-state index contributed by atoms with van der Waals surface area (Å²) in [6, 6.07) is 6.87. The molecule has 1 saturated carbocycles. The van der Waals surface area contributed by atoms with E-state index in [1.54, 1.807) is 12.1 Å². The zero-order valence-corrected chi connectivity index (χ0v) is 13.2. The molecule has 0 saturated heterocycles. The molecule has 0 bridgehead atoms. The monoisotopic (exact) mass is 339 g/mol. The minimum Gasteiger partial charge on any atom is -0.387 e. The summed E-state index contributed by atoms with van der Waals surface area (Å²) in [5.74, 6) is 0.164. The first-order valence-electron chi connectivity index (χ1n) is 7.06. The van der Waals surface area contributed by atoms with E-state index in [0.717, 1.165) is 19.3 Å². The molecule has 1 N–H and O–H groups in total. The largest absolute Gasteiger partial charge is 0.387 e. The van der Waals surface area contributed by atoms with Crippen LogP contribution >= 0.6 is 15.9 Å². The lowest BCUT2D eigenvalue weighted by molar-refractivity contribution is 0.0219. The average Bonchev–Trinajstić information content (AvgIpc) is 2.46. The van der Waals surface area contributed by atoms with Gasteiger partial charge in [-0.15, -0.1) is 0 Å².